The van der Waals surface area contributed by atoms with Gasteiger partial charge in [0, 0.05) is 17.7 Å². The van der Waals surface area contributed by atoms with E-state index in [0.717, 1.165) is 22.3 Å². The molecule has 3 aromatic rings. The number of carbonyl (C=O) groups is 1. The van der Waals surface area contributed by atoms with Crippen LogP contribution in [-0.2, 0) is 17.8 Å². The molecule has 1 aliphatic heterocycles. The zero-order valence-corrected chi connectivity index (χ0v) is 21.3. The highest BCUT2D eigenvalue weighted by Gasteiger charge is 2.25. The molecule has 0 N–H and O–H groups in total. The third-order valence-electron chi connectivity index (χ3n) is 6.22. The Balaban J connectivity index is 1.70. The van der Waals surface area contributed by atoms with E-state index >= 15 is 0 Å². The van der Waals surface area contributed by atoms with Gasteiger partial charge in [-0.25, -0.2) is 0 Å². The van der Waals surface area contributed by atoms with Crippen LogP contribution in [-0.4, -0.2) is 59.5 Å². The molecule has 0 saturated heterocycles. The molecule has 0 aromatic heterocycles. The Morgan fingerprint density at radius 1 is 0.833 bits per heavy atom. The van der Waals surface area contributed by atoms with E-state index in [9.17, 15) is 4.79 Å². The van der Waals surface area contributed by atoms with Gasteiger partial charge in [-0.15, -0.1) is 0 Å². The van der Waals surface area contributed by atoms with Crippen LogP contribution in [0, 0.1) is 0 Å². The van der Waals surface area contributed by atoms with Crippen molar-refractivity contribution in [2.24, 2.45) is 0 Å². The summed E-state index contributed by atoms with van der Waals surface area (Å²) in [6.07, 6.45) is 0.173. The van der Waals surface area contributed by atoms with Gasteiger partial charge in [-0.1, -0.05) is 6.07 Å². The van der Waals surface area contributed by atoms with Gasteiger partial charge in [-0.05, 0) is 48.0 Å². The molecule has 0 fully saturated rings. The molecule has 0 radical (unpaired) electrons. The average molecular weight is 494 g/mol. The standard InChI is InChI=1S/C28H31NO7/c1-31-21-9-10-22(32-2)18(14-21)16-26(30)29-11-12-36-28-20(17-29)13-19(15-25(28)35-5)27-23(33-3)7-6-8-24(27)34-4/h6-10,13-15H,11-12,16-17H2,1-5H3. The first-order valence-corrected chi connectivity index (χ1v) is 11.6. The first-order chi connectivity index (χ1) is 17.5. The van der Waals surface area contributed by atoms with Crippen molar-refractivity contribution in [1.82, 2.24) is 4.90 Å². The number of benzene rings is 3. The third kappa shape index (κ3) is 4.98. The van der Waals surface area contributed by atoms with Gasteiger partial charge in [0.1, 0.15) is 29.6 Å². The second-order valence-electron chi connectivity index (χ2n) is 8.22. The Bertz CT molecular complexity index is 1220. The lowest BCUT2D eigenvalue weighted by Gasteiger charge is -2.21. The molecular weight excluding hydrogens is 462 g/mol. The lowest BCUT2D eigenvalue weighted by molar-refractivity contribution is -0.131. The Kier molecular flexibility index (Phi) is 7.73. The fourth-order valence-corrected chi connectivity index (χ4v) is 4.42. The number of rotatable bonds is 8. The largest absolute Gasteiger partial charge is 0.497 e. The Morgan fingerprint density at radius 2 is 1.53 bits per heavy atom. The molecule has 8 heteroatoms. The van der Waals surface area contributed by atoms with E-state index in [1.807, 2.05) is 42.5 Å². The molecule has 190 valence electrons. The Hall–Kier alpha value is -4.07. The van der Waals surface area contributed by atoms with Gasteiger partial charge in [0.05, 0.1) is 54.1 Å². The smallest absolute Gasteiger partial charge is 0.227 e. The van der Waals surface area contributed by atoms with E-state index in [2.05, 4.69) is 0 Å². The molecule has 4 rings (SSSR count). The fraction of sp³-hybridized carbons (Fsp3) is 0.321. The van der Waals surface area contributed by atoms with Crippen LogP contribution >= 0.6 is 0 Å². The van der Waals surface area contributed by atoms with Gasteiger partial charge in [0.15, 0.2) is 11.5 Å². The fourth-order valence-electron chi connectivity index (χ4n) is 4.42. The summed E-state index contributed by atoms with van der Waals surface area (Å²) in [5, 5.41) is 0. The average Bonchev–Trinajstić information content (AvgIpc) is 3.14. The van der Waals surface area contributed by atoms with E-state index in [0.29, 0.717) is 54.2 Å². The van der Waals surface area contributed by atoms with Gasteiger partial charge >= 0.3 is 0 Å². The van der Waals surface area contributed by atoms with Crippen LogP contribution in [0.15, 0.2) is 48.5 Å². The summed E-state index contributed by atoms with van der Waals surface area (Å²) in [4.78, 5) is 15.2. The van der Waals surface area contributed by atoms with Crippen LogP contribution in [0.4, 0.5) is 0 Å². The van der Waals surface area contributed by atoms with Crippen LogP contribution in [0.5, 0.6) is 34.5 Å². The minimum atomic E-state index is -0.0442. The summed E-state index contributed by atoms with van der Waals surface area (Å²) in [5.74, 6) is 3.82. The highest BCUT2D eigenvalue weighted by atomic mass is 16.5. The van der Waals surface area contributed by atoms with Crippen LogP contribution in [0.2, 0.25) is 0 Å². The second kappa shape index (κ2) is 11.1. The molecule has 1 heterocycles. The summed E-state index contributed by atoms with van der Waals surface area (Å²) in [7, 11) is 8.03. The van der Waals surface area contributed by atoms with Crippen molar-refractivity contribution in [1.29, 1.82) is 0 Å². The number of methoxy groups -OCH3 is 5. The van der Waals surface area contributed by atoms with E-state index in [1.54, 1.807) is 46.5 Å². The molecular formula is C28H31NO7. The topological polar surface area (TPSA) is 75.7 Å². The van der Waals surface area contributed by atoms with Crippen molar-refractivity contribution >= 4 is 5.91 Å². The van der Waals surface area contributed by atoms with Crippen molar-refractivity contribution in [3.63, 3.8) is 0 Å². The molecule has 3 aromatic carbocycles. The van der Waals surface area contributed by atoms with Crippen LogP contribution in [0.3, 0.4) is 0 Å². The first kappa shape index (κ1) is 25.0. The number of fused-ring (bicyclic) bond motifs is 1. The molecule has 1 amide bonds. The summed E-state index contributed by atoms with van der Waals surface area (Å²) in [6.45, 7) is 1.15. The molecule has 0 spiro atoms. The van der Waals surface area contributed by atoms with Gasteiger partial charge < -0.3 is 33.3 Å². The predicted octanol–water partition coefficient (Wildman–Crippen LogP) is 4.36. The highest BCUT2D eigenvalue weighted by molar-refractivity contribution is 5.82. The zero-order chi connectivity index (χ0) is 25.7. The van der Waals surface area contributed by atoms with Gasteiger partial charge in [0.25, 0.3) is 0 Å². The minimum Gasteiger partial charge on any atom is -0.497 e. The van der Waals surface area contributed by atoms with Crippen molar-refractivity contribution in [2.75, 3.05) is 48.7 Å². The molecule has 36 heavy (non-hydrogen) atoms. The molecule has 0 saturated carbocycles. The minimum absolute atomic E-state index is 0.0442. The van der Waals surface area contributed by atoms with Gasteiger partial charge in [-0.2, -0.15) is 0 Å². The van der Waals surface area contributed by atoms with E-state index in [-0.39, 0.29) is 12.3 Å². The van der Waals surface area contributed by atoms with Crippen LogP contribution in [0.25, 0.3) is 11.1 Å². The molecule has 0 aliphatic carbocycles. The van der Waals surface area contributed by atoms with E-state index < -0.39 is 0 Å². The van der Waals surface area contributed by atoms with Crippen molar-refractivity contribution < 1.29 is 33.2 Å². The van der Waals surface area contributed by atoms with E-state index in [1.165, 1.54) is 0 Å². The maximum absolute atomic E-state index is 13.4. The number of nitrogens with zero attached hydrogens (tertiary/aromatic N) is 1. The maximum Gasteiger partial charge on any atom is 0.227 e. The van der Waals surface area contributed by atoms with Crippen molar-refractivity contribution in [2.45, 2.75) is 13.0 Å². The molecule has 0 unspecified atom stereocenters. The summed E-state index contributed by atoms with van der Waals surface area (Å²) in [6, 6.07) is 15.0. The quantitative estimate of drug-likeness (QED) is 0.462. The monoisotopic (exact) mass is 493 g/mol. The SMILES string of the molecule is COc1ccc(OC)c(CC(=O)N2CCOc3c(cc(-c4c(OC)cccc4OC)cc3OC)C2)c1. The highest BCUT2D eigenvalue weighted by Crippen LogP contribution is 2.44. The predicted molar refractivity (Wildman–Crippen MR) is 136 cm³/mol. The first-order valence-electron chi connectivity index (χ1n) is 11.6. The molecule has 1 aliphatic rings. The molecule has 8 nitrogen and oxygen atoms in total. The van der Waals surface area contributed by atoms with Crippen LogP contribution in [0.1, 0.15) is 11.1 Å². The third-order valence-corrected chi connectivity index (χ3v) is 6.22. The number of ether oxygens (including phenoxy) is 6. The lowest BCUT2D eigenvalue weighted by Crippen LogP contribution is -2.33. The van der Waals surface area contributed by atoms with Gasteiger partial charge in [0.2, 0.25) is 5.91 Å². The normalized spacial score (nSPS) is 12.6. The van der Waals surface area contributed by atoms with Gasteiger partial charge in [-0.3, -0.25) is 4.79 Å². The summed E-state index contributed by atoms with van der Waals surface area (Å²) >= 11 is 0. The van der Waals surface area contributed by atoms with Crippen LogP contribution < -0.4 is 28.4 Å². The Labute approximate surface area is 211 Å². The Morgan fingerprint density at radius 3 is 2.17 bits per heavy atom. The summed E-state index contributed by atoms with van der Waals surface area (Å²) < 4.78 is 33.8. The van der Waals surface area contributed by atoms with Crippen molar-refractivity contribution in [3.8, 4) is 45.6 Å². The van der Waals surface area contributed by atoms with E-state index in [4.69, 9.17) is 28.4 Å². The van der Waals surface area contributed by atoms with Crippen molar-refractivity contribution in [3.05, 3.63) is 59.7 Å². The number of carbonyl (C=O) groups excluding carboxylic acids is 1. The lowest BCUT2D eigenvalue weighted by atomic mass is 9.99. The summed E-state index contributed by atoms with van der Waals surface area (Å²) in [5.41, 5.74) is 3.23. The number of hydrogen-bond acceptors (Lipinski definition) is 7. The maximum atomic E-state index is 13.4. The number of hydrogen-bond donors (Lipinski definition) is 0. The molecule has 0 atom stereocenters. The second-order valence-corrected chi connectivity index (χ2v) is 8.22. The number of amides is 1. The zero-order valence-electron chi connectivity index (χ0n) is 21.3. The molecule has 0 bridgehead atoms.